The number of nitrogens with one attached hydrogen (secondary N) is 2. The first kappa shape index (κ1) is 19.9. The third-order valence-corrected chi connectivity index (χ3v) is 3.91. The molecule has 2 rings (SSSR count). The largest absolute Gasteiger partial charge is 0.379 e. The second-order valence-corrected chi connectivity index (χ2v) is 6.04. The van der Waals surface area contributed by atoms with Crippen LogP contribution in [0.2, 0.25) is 10.0 Å². The molecule has 0 aromatic heterocycles. The van der Waals surface area contributed by atoms with E-state index >= 15 is 0 Å². The third-order valence-electron chi connectivity index (χ3n) is 3.37. The van der Waals surface area contributed by atoms with Crippen LogP contribution in [0.3, 0.4) is 0 Å². The molecule has 6 nitrogen and oxygen atoms in total. The van der Waals surface area contributed by atoms with Crippen molar-refractivity contribution in [1.82, 2.24) is 5.32 Å². The Balaban J connectivity index is 1.85. The molecule has 2 N–H and O–H groups in total. The lowest BCUT2D eigenvalue weighted by Gasteiger charge is -2.09. The van der Waals surface area contributed by atoms with Crippen LogP contribution in [0.4, 0.5) is 20.2 Å². The molecule has 0 heterocycles. The smallest absolute Gasteiger partial charge is 0.293 e. The molecule has 0 aliphatic heterocycles. The molecule has 0 spiro atoms. The van der Waals surface area contributed by atoms with E-state index in [9.17, 15) is 23.7 Å². The van der Waals surface area contributed by atoms with E-state index in [2.05, 4.69) is 10.6 Å². The van der Waals surface area contributed by atoms with E-state index in [1.54, 1.807) is 0 Å². The maximum Gasteiger partial charge on any atom is 0.293 e. The standard InChI is InChI=1S/C16H13Cl2F2N3O3/c17-9-2-3-14(15(6-9)23(25)26)21-4-1-5-22-16(24)10-7-12(19)13(20)8-11(10)18/h2-3,6-8,21H,1,4-5H2,(H,22,24). The zero-order valence-corrected chi connectivity index (χ0v) is 14.7. The number of anilines is 1. The summed E-state index contributed by atoms with van der Waals surface area (Å²) < 4.78 is 26.2. The molecule has 0 fully saturated rings. The minimum atomic E-state index is -1.17. The highest BCUT2D eigenvalue weighted by atomic mass is 35.5. The Kier molecular flexibility index (Phi) is 6.70. The molecule has 0 aliphatic rings. The highest BCUT2D eigenvalue weighted by Gasteiger charge is 2.15. The van der Waals surface area contributed by atoms with Crippen LogP contribution in [0.15, 0.2) is 30.3 Å². The molecule has 2 aromatic rings. The molecule has 0 unspecified atom stereocenters. The molecular formula is C16H13Cl2F2N3O3. The maximum absolute atomic E-state index is 13.2. The van der Waals surface area contributed by atoms with Gasteiger partial charge in [-0.15, -0.1) is 0 Å². The van der Waals surface area contributed by atoms with Crippen molar-refractivity contribution in [2.75, 3.05) is 18.4 Å². The first-order valence-electron chi connectivity index (χ1n) is 7.40. The van der Waals surface area contributed by atoms with Crippen molar-refractivity contribution in [1.29, 1.82) is 0 Å². The van der Waals surface area contributed by atoms with Gasteiger partial charge in [0.15, 0.2) is 11.6 Å². The van der Waals surface area contributed by atoms with E-state index in [0.29, 0.717) is 18.7 Å². The molecule has 0 radical (unpaired) electrons. The number of carbonyl (C=O) groups is 1. The molecule has 0 atom stereocenters. The Morgan fingerprint density at radius 1 is 1.12 bits per heavy atom. The number of benzene rings is 2. The Morgan fingerprint density at radius 3 is 2.50 bits per heavy atom. The Hall–Kier alpha value is -2.45. The minimum Gasteiger partial charge on any atom is -0.379 e. The highest BCUT2D eigenvalue weighted by Crippen LogP contribution is 2.27. The van der Waals surface area contributed by atoms with E-state index < -0.39 is 22.5 Å². The van der Waals surface area contributed by atoms with Crippen molar-refractivity contribution < 1.29 is 18.5 Å². The van der Waals surface area contributed by atoms with Crippen molar-refractivity contribution in [3.8, 4) is 0 Å². The SMILES string of the molecule is O=C(NCCCNc1ccc(Cl)cc1[N+](=O)[O-])c1cc(F)c(F)cc1Cl. The average Bonchev–Trinajstić information content (AvgIpc) is 2.58. The van der Waals surface area contributed by atoms with Gasteiger partial charge >= 0.3 is 0 Å². The van der Waals surface area contributed by atoms with Gasteiger partial charge in [-0.3, -0.25) is 14.9 Å². The van der Waals surface area contributed by atoms with Crippen LogP contribution in [0.5, 0.6) is 0 Å². The molecule has 10 heteroatoms. The number of nitro groups is 1. The van der Waals surface area contributed by atoms with E-state index in [1.807, 2.05) is 0 Å². The fourth-order valence-electron chi connectivity index (χ4n) is 2.11. The first-order valence-corrected chi connectivity index (χ1v) is 8.15. The predicted octanol–water partition coefficient (Wildman–Crippen LogP) is 4.41. The van der Waals surface area contributed by atoms with E-state index in [0.717, 1.165) is 12.1 Å². The molecule has 2 aromatic carbocycles. The highest BCUT2D eigenvalue weighted by molar-refractivity contribution is 6.33. The number of amides is 1. The van der Waals surface area contributed by atoms with Crippen LogP contribution in [0.25, 0.3) is 0 Å². The molecule has 26 heavy (non-hydrogen) atoms. The lowest BCUT2D eigenvalue weighted by molar-refractivity contribution is -0.383. The Bertz CT molecular complexity index is 850. The number of nitro benzene ring substituents is 1. The summed E-state index contributed by atoms with van der Waals surface area (Å²) in [5.74, 6) is -2.96. The second-order valence-electron chi connectivity index (χ2n) is 5.20. The van der Waals surface area contributed by atoms with E-state index in [-0.39, 0.29) is 27.8 Å². The molecule has 0 aliphatic carbocycles. The topological polar surface area (TPSA) is 84.3 Å². The summed E-state index contributed by atoms with van der Waals surface area (Å²) >= 11 is 11.5. The van der Waals surface area contributed by atoms with Crippen molar-refractivity contribution >= 4 is 40.5 Å². The summed E-state index contributed by atoms with van der Waals surface area (Å²) in [5, 5.41) is 16.4. The van der Waals surface area contributed by atoms with Gasteiger partial charge in [-0.1, -0.05) is 23.2 Å². The van der Waals surface area contributed by atoms with Gasteiger partial charge in [0.25, 0.3) is 11.6 Å². The second kappa shape index (κ2) is 8.77. The number of hydrogen-bond acceptors (Lipinski definition) is 4. The predicted molar refractivity (Wildman–Crippen MR) is 94.9 cm³/mol. The number of hydrogen-bond donors (Lipinski definition) is 2. The summed E-state index contributed by atoms with van der Waals surface area (Å²) in [7, 11) is 0. The summed E-state index contributed by atoms with van der Waals surface area (Å²) in [6.45, 7) is 0.525. The van der Waals surface area contributed by atoms with E-state index in [4.69, 9.17) is 23.2 Å². The number of halogens is 4. The minimum absolute atomic E-state index is 0.157. The first-order chi connectivity index (χ1) is 12.3. The van der Waals surface area contributed by atoms with Crippen molar-refractivity contribution in [3.63, 3.8) is 0 Å². The normalized spacial score (nSPS) is 10.5. The fourth-order valence-corrected chi connectivity index (χ4v) is 2.51. The van der Waals surface area contributed by atoms with Crippen molar-refractivity contribution in [3.05, 3.63) is 67.7 Å². The van der Waals surface area contributed by atoms with Crippen LogP contribution in [0, 0.1) is 21.7 Å². The third kappa shape index (κ3) is 5.03. The van der Waals surface area contributed by atoms with Gasteiger partial charge in [-0.2, -0.15) is 0 Å². The molecule has 1 amide bonds. The maximum atomic E-state index is 13.2. The van der Waals surface area contributed by atoms with Crippen LogP contribution >= 0.6 is 23.2 Å². The van der Waals surface area contributed by atoms with Crippen molar-refractivity contribution in [2.45, 2.75) is 6.42 Å². The fraction of sp³-hybridized carbons (Fsp3) is 0.188. The van der Waals surface area contributed by atoms with Crippen molar-refractivity contribution in [2.24, 2.45) is 0 Å². The van der Waals surface area contributed by atoms with Gasteiger partial charge in [-0.05, 0) is 30.7 Å². The summed E-state index contributed by atoms with van der Waals surface area (Å²) in [5.41, 5.74) is -0.0312. The van der Waals surface area contributed by atoms with Crippen LogP contribution < -0.4 is 10.6 Å². The Labute approximate surface area is 157 Å². The van der Waals surface area contributed by atoms with Gasteiger partial charge in [0, 0.05) is 24.2 Å². The quantitative estimate of drug-likeness (QED) is 0.310. The van der Waals surface area contributed by atoms with Gasteiger partial charge < -0.3 is 10.6 Å². The summed E-state index contributed by atoms with van der Waals surface area (Å²) in [6, 6.07) is 5.69. The molecule has 0 saturated heterocycles. The zero-order valence-electron chi connectivity index (χ0n) is 13.2. The molecule has 138 valence electrons. The number of rotatable bonds is 7. The van der Waals surface area contributed by atoms with Gasteiger partial charge in [0.1, 0.15) is 5.69 Å². The van der Waals surface area contributed by atoms with Gasteiger partial charge in [-0.25, -0.2) is 8.78 Å². The van der Waals surface area contributed by atoms with E-state index in [1.165, 1.54) is 18.2 Å². The monoisotopic (exact) mass is 403 g/mol. The van der Waals surface area contributed by atoms with Crippen LogP contribution in [-0.4, -0.2) is 23.9 Å². The molecule has 0 saturated carbocycles. The number of nitrogens with zero attached hydrogens (tertiary/aromatic N) is 1. The van der Waals surface area contributed by atoms with Gasteiger partial charge in [0.2, 0.25) is 0 Å². The Morgan fingerprint density at radius 2 is 1.81 bits per heavy atom. The summed E-state index contributed by atoms with van der Waals surface area (Å²) in [4.78, 5) is 22.4. The molecular weight excluding hydrogens is 391 g/mol. The lowest BCUT2D eigenvalue weighted by atomic mass is 10.2. The number of carbonyl (C=O) groups excluding carboxylic acids is 1. The van der Waals surface area contributed by atoms with Crippen LogP contribution in [0.1, 0.15) is 16.8 Å². The average molecular weight is 404 g/mol. The zero-order chi connectivity index (χ0) is 19.3. The van der Waals surface area contributed by atoms with Crippen LogP contribution in [-0.2, 0) is 0 Å². The lowest BCUT2D eigenvalue weighted by Crippen LogP contribution is -2.26. The van der Waals surface area contributed by atoms with Gasteiger partial charge in [0.05, 0.1) is 15.5 Å². The molecule has 0 bridgehead atoms. The summed E-state index contributed by atoms with van der Waals surface area (Å²) in [6.07, 6.45) is 0.423.